The molecule has 2 aromatic heterocycles. The average molecular weight is 507 g/mol. The lowest BCUT2D eigenvalue weighted by atomic mass is 9.85. The van der Waals surface area contributed by atoms with Crippen LogP contribution in [-0.4, -0.2) is 46.9 Å². The van der Waals surface area contributed by atoms with Crippen molar-refractivity contribution in [2.45, 2.75) is 38.3 Å². The lowest BCUT2D eigenvalue weighted by molar-refractivity contribution is -0.121. The Labute approximate surface area is 209 Å². The van der Waals surface area contributed by atoms with Gasteiger partial charge in [0, 0.05) is 23.5 Å². The number of hydrogen-bond donors (Lipinski definition) is 3. The standard InChI is InChI=1S/C24H27ClN4O4.ClH/c1-29(2)17-7-4-15(5-8-17)23(31)28-21-18-11-14(13-30)3-9-19(18)33-22(21)24(32)27-20-10-6-16(25)12-26-20;/h3,6,9-12,15,17,30H,4-5,7-8,13H2,1-2H3,(H,28,31)(H,26,27,32);1H. The minimum atomic E-state index is -0.543. The Morgan fingerprint density at radius 2 is 1.88 bits per heavy atom. The molecule has 2 heterocycles. The molecule has 3 aromatic rings. The molecule has 1 aliphatic carbocycles. The number of nitrogens with one attached hydrogen (secondary N) is 2. The van der Waals surface area contributed by atoms with Crippen molar-refractivity contribution in [3.8, 4) is 0 Å². The highest BCUT2D eigenvalue weighted by Crippen LogP contribution is 2.34. The minimum Gasteiger partial charge on any atom is -0.449 e. The molecule has 4 rings (SSSR count). The van der Waals surface area contributed by atoms with Crippen LogP contribution < -0.4 is 10.6 Å². The number of halogens is 2. The van der Waals surface area contributed by atoms with Crippen molar-refractivity contribution < 1.29 is 19.1 Å². The van der Waals surface area contributed by atoms with Gasteiger partial charge >= 0.3 is 0 Å². The van der Waals surface area contributed by atoms with E-state index in [0.717, 1.165) is 25.7 Å². The molecule has 10 heteroatoms. The summed E-state index contributed by atoms with van der Waals surface area (Å²) in [7, 11) is 4.11. The van der Waals surface area contributed by atoms with E-state index in [1.807, 2.05) is 0 Å². The fraction of sp³-hybridized carbons (Fsp3) is 0.375. The van der Waals surface area contributed by atoms with Crippen LogP contribution in [0.3, 0.4) is 0 Å². The van der Waals surface area contributed by atoms with Gasteiger partial charge in [-0.1, -0.05) is 17.7 Å². The van der Waals surface area contributed by atoms with Crippen LogP contribution in [0.1, 0.15) is 41.8 Å². The number of fused-ring (bicyclic) bond motifs is 1. The Kier molecular flexibility index (Phi) is 8.54. The monoisotopic (exact) mass is 506 g/mol. The summed E-state index contributed by atoms with van der Waals surface area (Å²) in [6.07, 6.45) is 4.88. The van der Waals surface area contributed by atoms with Crippen LogP contribution in [0.15, 0.2) is 40.9 Å². The molecule has 1 aromatic carbocycles. The number of carbonyl (C=O) groups excluding carboxylic acids is 2. The average Bonchev–Trinajstić information content (AvgIpc) is 3.18. The molecule has 0 spiro atoms. The van der Waals surface area contributed by atoms with Gasteiger partial charge in [0.2, 0.25) is 11.7 Å². The lowest BCUT2D eigenvalue weighted by Gasteiger charge is -2.31. The number of amides is 2. The maximum atomic E-state index is 13.1. The molecule has 1 aliphatic rings. The van der Waals surface area contributed by atoms with Gasteiger partial charge in [-0.3, -0.25) is 9.59 Å². The molecule has 0 unspecified atom stereocenters. The fourth-order valence-corrected chi connectivity index (χ4v) is 4.34. The molecular weight excluding hydrogens is 479 g/mol. The Morgan fingerprint density at radius 3 is 2.50 bits per heavy atom. The molecule has 0 aliphatic heterocycles. The lowest BCUT2D eigenvalue weighted by Crippen LogP contribution is -2.35. The van der Waals surface area contributed by atoms with Crippen LogP contribution in [0.25, 0.3) is 11.0 Å². The fourth-order valence-electron chi connectivity index (χ4n) is 4.23. The molecule has 1 fully saturated rings. The largest absolute Gasteiger partial charge is 0.449 e. The van der Waals surface area contributed by atoms with Crippen LogP contribution in [0.4, 0.5) is 11.5 Å². The molecule has 0 bridgehead atoms. The minimum absolute atomic E-state index is 0. The van der Waals surface area contributed by atoms with Gasteiger partial charge in [-0.15, -0.1) is 12.4 Å². The third-order valence-electron chi connectivity index (χ3n) is 6.16. The summed E-state index contributed by atoms with van der Waals surface area (Å²) < 4.78 is 5.82. The van der Waals surface area contributed by atoms with Crippen molar-refractivity contribution in [1.82, 2.24) is 9.88 Å². The van der Waals surface area contributed by atoms with Crippen LogP contribution >= 0.6 is 24.0 Å². The second-order valence-electron chi connectivity index (χ2n) is 8.57. The molecular formula is C24H28Cl2N4O4. The van der Waals surface area contributed by atoms with Crippen molar-refractivity contribution >= 4 is 58.3 Å². The summed E-state index contributed by atoms with van der Waals surface area (Å²) in [6.45, 7) is -0.167. The second kappa shape index (κ2) is 11.2. The highest BCUT2D eigenvalue weighted by molar-refractivity contribution is 6.30. The molecule has 0 radical (unpaired) electrons. The van der Waals surface area contributed by atoms with E-state index in [0.29, 0.717) is 39.1 Å². The number of nitrogens with zero attached hydrogens (tertiary/aromatic N) is 2. The highest BCUT2D eigenvalue weighted by Gasteiger charge is 2.30. The smallest absolute Gasteiger partial charge is 0.294 e. The van der Waals surface area contributed by atoms with Crippen LogP contribution in [0, 0.1) is 5.92 Å². The Bertz CT molecular complexity index is 1160. The van der Waals surface area contributed by atoms with Gasteiger partial charge in [0.25, 0.3) is 5.91 Å². The third-order valence-corrected chi connectivity index (χ3v) is 6.38. The van der Waals surface area contributed by atoms with Gasteiger partial charge in [-0.05, 0) is 69.6 Å². The first-order valence-corrected chi connectivity index (χ1v) is 11.3. The van der Waals surface area contributed by atoms with E-state index in [-0.39, 0.29) is 36.6 Å². The Hall–Kier alpha value is -2.65. The number of rotatable bonds is 6. The number of pyridine rings is 1. The van der Waals surface area contributed by atoms with Gasteiger partial charge in [0.05, 0.1) is 11.6 Å². The molecule has 182 valence electrons. The van der Waals surface area contributed by atoms with E-state index < -0.39 is 5.91 Å². The first kappa shape index (κ1) is 26.0. The van der Waals surface area contributed by atoms with Crippen molar-refractivity contribution in [1.29, 1.82) is 0 Å². The summed E-state index contributed by atoms with van der Waals surface area (Å²) in [5.74, 6) is -0.533. The van der Waals surface area contributed by atoms with Crippen LogP contribution in [0.2, 0.25) is 5.02 Å². The Balaban J connectivity index is 0.00000324. The summed E-state index contributed by atoms with van der Waals surface area (Å²) in [4.78, 5) is 32.4. The molecule has 0 saturated heterocycles. The van der Waals surface area contributed by atoms with Gasteiger partial charge in [0.1, 0.15) is 17.1 Å². The topological polar surface area (TPSA) is 108 Å². The predicted octanol–water partition coefficient (Wildman–Crippen LogP) is 4.71. The SMILES string of the molecule is CN(C)C1CCC(C(=O)Nc2c(C(=O)Nc3ccc(Cl)cn3)oc3ccc(CO)cc23)CC1.Cl. The van der Waals surface area contributed by atoms with E-state index >= 15 is 0 Å². The summed E-state index contributed by atoms with van der Waals surface area (Å²) >= 11 is 5.87. The van der Waals surface area contributed by atoms with E-state index in [1.54, 1.807) is 30.3 Å². The van der Waals surface area contributed by atoms with Gasteiger partial charge in [-0.25, -0.2) is 4.98 Å². The molecule has 3 N–H and O–H groups in total. The number of aliphatic hydroxyl groups is 1. The first-order valence-electron chi connectivity index (χ1n) is 10.9. The van der Waals surface area contributed by atoms with E-state index in [9.17, 15) is 14.7 Å². The van der Waals surface area contributed by atoms with Crippen LogP contribution in [-0.2, 0) is 11.4 Å². The number of aromatic nitrogens is 1. The molecule has 1 saturated carbocycles. The Morgan fingerprint density at radius 1 is 1.15 bits per heavy atom. The molecule has 0 atom stereocenters. The second-order valence-corrected chi connectivity index (χ2v) is 9.01. The van der Waals surface area contributed by atoms with Gasteiger partial charge in [-0.2, -0.15) is 0 Å². The van der Waals surface area contributed by atoms with E-state index in [2.05, 4.69) is 34.6 Å². The molecule has 8 nitrogen and oxygen atoms in total. The van der Waals surface area contributed by atoms with E-state index in [1.165, 1.54) is 6.20 Å². The normalized spacial score (nSPS) is 17.9. The number of anilines is 2. The van der Waals surface area contributed by atoms with Crippen molar-refractivity contribution in [2.24, 2.45) is 5.92 Å². The van der Waals surface area contributed by atoms with Crippen LogP contribution in [0.5, 0.6) is 0 Å². The first-order chi connectivity index (χ1) is 15.9. The number of furan rings is 1. The van der Waals surface area contributed by atoms with Gasteiger partial charge < -0.3 is 25.1 Å². The maximum Gasteiger partial charge on any atom is 0.294 e. The van der Waals surface area contributed by atoms with Crippen molar-refractivity contribution in [2.75, 3.05) is 24.7 Å². The summed E-state index contributed by atoms with van der Waals surface area (Å²) in [5, 5.41) is 16.2. The summed E-state index contributed by atoms with van der Waals surface area (Å²) in [5.41, 5.74) is 1.39. The number of hydrogen-bond acceptors (Lipinski definition) is 6. The zero-order valence-corrected chi connectivity index (χ0v) is 20.6. The zero-order valence-electron chi connectivity index (χ0n) is 19.0. The quantitative estimate of drug-likeness (QED) is 0.446. The maximum absolute atomic E-state index is 13.1. The third kappa shape index (κ3) is 5.70. The van der Waals surface area contributed by atoms with Gasteiger partial charge in [0.15, 0.2) is 0 Å². The zero-order chi connectivity index (χ0) is 23.5. The molecule has 2 amide bonds. The number of aliphatic hydroxyl groups excluding tert-OH is 1. The number of carbonyl (C=O) groups is 2. The number of benzene rings is 1. The predicted molar refractivity (Wildman–Crippen MR) is 135 cm³/mol. The van der Waals surface area contributed by atoms with E-state index in [4.69, 9.17) is 16.0 Å². The summed E-state index contributed by atoms with van der Waals surface area (Å²) in [6, 6.07) is 8.77. The highest BCUT2D eigenvalue weighted by atomic mass is 35.5. The van der Waals surface area contributed by atoms with Crippen molar-refractivity contribution in [3.05, 3.63) is 52.9 Å². The molecule has 34 heavy (non-hydrogen) atoms. The van der Waals surface area contributed by atoms with Crippen molar-refractivity contribution in [3.63, 3.8) is 0 Å².